The number of nitrogens with zero attached hydrogens (tertiary/aromatic N) is 2. The molecule has 0 aliphatic carbocycles. The number of anilines is 2. The molecule has 43 heavy (non-hydrogen) atoms. The van der Waals surface area contributed by atoms with Crippen LogP contribution in [-0.4, -0.2) is 56.7 Å². The molecule has 1 amide bonds. The molecule has 2 fully saturated rings. The first kappa shape index (κ1) is 28.1. The van der Waals surface area contributed by atoms with Gasteiger partial charge in [-0.05, 0) is 57.4 Å². The van der Waals surface area contributed by atoms with Crippen LogP contribution in [0.25, 0.3) is 42.3 Å². The summed E-state index contributed by atoms with van der Waals surface area (Å²) in [6.07, 6.45) is 3.43. The zero-order chi connectivity index (χ0) is 29.6. The summed E-state index contributed by atoms with van der Waals surface area (Å²) in [4.78, 5) is 31.1. The van der Waals surface area contributed by atoms with Crippen molar-refractivity contribution in [3.63, 3.8) is 0 Å². The molecule has 7 nitrogen and oxygen atoms in total. The molecule has 8 heteroatoms. The van der Waals surface area contributed by atoms with Gasteiger partial charge < -0.3 is 19.4 Å². The molecule has 5 aromatic rings. The lowest BCUT2D eigenvalue weighted by Crippen LogP contribution is -2.46. The average molecular weight is 596 g/mol. The first-order valence-electron chi connectivity index (χ1n) is 15.3. The molecule has 2 aliphatic rings. The normalized spacial score (nSPS) is 16.7. The van der Waals surface area contributed by atoms with E-state index in [1.54, 1.807) is 17.4 Å². The molecule has 4 heterocycles. The molecule has 0 saturated carbocycles. The van der Waals surface area contributed by atoms with E-state index in [1.165, 1.54) is 6.42 Å². The van der Waals surface area contributed by atoms with Crippen LogP contribution in [0.15, 0.2) is 69.9 Å². The van der Waals surface area contributed by atoms with Gasteiger partial charge in [-0.3, -0.25) is 14.5 Å². The van der Waals surface area contributed by atoms with E-state index in [0.717, 1.165) is 76.0 Å². The van der Waals surface area contributed by atoms with Gasteiger partial charge >= 0.3 is 0 Å². The lowest BCUT2D eigenvalue weighted by atomic mass is 9.91. The minimum Gasteiger partial charge on any atom is -0.440 e. The van der Waals surface area contributed by atoms with Crippen molar-refractivity contribution in [1.29, 1.82) is 0 Å². The Labute approximate surface area is 255 Å². The van der Waals surface area contributed by atoms with Crippen LogP contribution in [-0.2, 0) is 9.53 Å². The number of rotatable bonds is 6. The predicted octanol–water partition coefficient (Wildman–Crippen LogP) is 7.12. The van der Waals surface area contributed by atoms with Crippen LogP contribution >= 0.6 is 11.3 Å². The zero-order valence-corrected chi connectivity index (χ0v) is 25.6. The number of benzene rings is 3. The molecule has 2 saturated heterocycles. The van der Waals surface area contributed by atoms with Gasteiger partial charge in [0.05, 0.1) is 24.0 Å². The van der Waals surface area contributed by atoms with E-state index in [2.05, 4.69) is 45.4 Å². The Hall–Kier alpha value is -3.72. The summed E-state index contributed by atoms with van der Waals surface area (Å²) in [5, 5.41) is 6.00. The fourth-order valence-corrected chi connectivity index (χ4v) is 7.64. The number of nitrogens with one attached hydrogen (secondary N) is 1. The van der Waals surface area contributed by atoms with Crippen molar-refractivity contribution in [2.45, 2.75) is 33.1 Å². The summed E-state index contributed by atoms with van der Waals surface area (Å²) in [7, 11) is 0. The smallest absolute Gasteiger partial charge is 0.231 e. The maximum Gasteiger partial charge on any atom is 0.231 e. The fourth-order valence-electron chi connectivity index (χ4n) is 6.43. The topological polar surface area (TPSA) is 75.0 Å². The van der Waals surface area contributed by atoms with Crippen LogP contribution in [0.3, 0.4) is 0 Å². The number of carbonyl (C=O) groups is 1. The summed E-state index contributed by atoms with van der Waals surface area (Å²) in [5.74, 6) is 0.666. The van der Waals surface area contributed by atoms with Gasteiger partial charge in [-0.15, -0.1) is 11.3 Å². The molecule has 7 rings (SSSR count). The van der Waals surface area contributed by atoms with Crippen LogP contribution in [0.5, 0.6) is 0 Å². The molecule has 1 N–H and O–H groups in total. The Morgan fingerprint density at radius 1 is 0.884 bits per heavy atom. The van der Waals surface area contributed by atoms with E-state index in [4.69, 9.17) is 9.15 Å². The van der Waals surface area contributed by atoms with Crippen molar-refractivity contribution in [3.05, 3.63) is 70.9 Å². The zero-order valence-electron chi connectivity index (χ0n) is 24.8. The number of morpholine rings is 1. The molecule has 0 unspecified atom stereocenters. The summed E-state index contributed by atoms with van der Waals surface area (Å²) >= 11 is 1.72. The first-order chi connectivity index (χ1) is 20.9. The van der Waals surface area contributed by atoms with Crippen molar-refractivity contribution in [1.82, 2.24) is 4.90 Å². The van der Waals surface area contributed by atoms with E-state index in [-0.39, 0.29) is 11.3 Å². The number of piperidine rings is 1. The maximum atomic E-state index is 13.4. The van der Waals surface area contributed by atoms with Crippen molar-refractivity contribution in [2.24, 2.45) is 5.41 Å². The first-order valence-corrected chi connectivity index (χ1v) is 16.1. The highest BCUT2D eigenvalue weighted by molar-refractivity contribution is 7.26. The van der Waals surface area contributed by atoms with Crippen LogP contribution in [0, 0.1) is 5.41 Å². The van der Waals surface area contributed by atoms with E-state index in [9.17, 15) is 9.59 Å². The molecule has 0 atom stereocenters. The van der Waals surface area contributed by atoms with E-state index < -0.39 is 5.41 Å². The number of hydrogen-bond acceptors (Lipinski definition) is 7. The van der Waals surface area contributed by atoms with Gasteiger partial charge in [0.15, 0.2) is 11.3 Å². The number of hydrogen-bond donors (Lipinski definition) is 1. The Morgan fingerprint density at radius 2 is 1.63 bits per heavy atom. The van der Waals surface area contributed by atoms with Crippen molar-refractivity contribution in [2.75, 3.05) is 56.2 Å². The van der Waals surface area contributed by atoms with Gasteiger partial charge in [0, 0.05) is 75.8 Å². The molecular formula is C35H37N3O4S. The summed E-state index contributed by atoms with van der Waals surface area (Å²) in [6, 6.07) is 19.9. The monoisotopic (exact) mass is 595 g/mol. The lowest BCUT2D eigenvalue weighted by Gasteiger charge is -2.33. The van der Waals surface area contributed by atoms with E-state index in [0.29, 0.717) is 36.6 Å². The molecule has 0 bridgehead atoms. The van der Waals surface area contributed by atoms with Gasteiger partial charge in [0.25, 0.3) is 0 Å². The summed E-state index contributed by atoms with van der Waals surface area (Å²) in [6.45, 7) is 9.65. The third kappa shape index (κ3) is 5.44. The number of ether oxygens (including phenoxy) is 1. The second-order valence-electron chi connectivity index (χ2n) is 12.4. The highest BCUT2D eigenvalue weighted by Crippen LogP contribution is 2.42. The third-order valence-electron chi connectivity index (χ3n) is 8.79. The average Bonchev–Trinajstić information content (AvgIpc) is 3.40. The van der Waals surface area contributed by atoms with Crippen LogP contribution in [0.1, 0.15) is 33.1 Å². The van der Waals surface area contributed by atoms with Gasteiger partial charge in [0.1, 0.15) is 5.58 Å². The number of para-hydroxylation sites is 1. The van der Waals surface area contributed by atoms with Crippen molar-refractivity contribution < 1.29 is 13.9 Å². The van der Waals surface area contributed by atoms with Crippen molar-refractivity contribution in [3.8, 4) is 11.1 Å². The Morgan fingerprint density at radius 3 is 2.42 bits per heavy atom. The molecule has 0 spiro atoms. The number of thiophene rings is 1. The van der Waals surface area contributed by atoms with Gasteiger partial charge in [-0.25, -0.2) is 0 Å². The standard InChI is InChI=1S/C35H37N3O4S/c1-35(2,22-37-16-18-41-19-17-37)34(40)36-23-12-13-30-28(20-23)26-10-7-9-25(33(26)43-30)24-8-6-11-27-29(39)21-31(42-32(24)27)38-14-4-3-5-15-38/h6-13,20-21H,3-5,14-19,22H2,1-2H3,(H,36,40). The highest BCUT2D eigenvalue weighted by Gasteiger charge is 2.31. The molecule has 3 aromatic carbocycles. The van der Waals surface area contributed by atoms with Gasteiger partial charge in [-0.2, -0.15) is 0 Å². The molecular weight excluding hydrogens is 558 g/mol. The number of carbonyl (C=O) groups excluding carboxylic acids is 1. The second kappa shape index (κ2) is 11.4. The molecule has 2 aromatic heterocycles. The minimum absolute atomic E-state index is 0.00820. The largest absolute Gasteiger partial charge is 0.440 e. The van der Waals surface area contributed by atoms with Crippen LogP contribution < -0.4 is 15.6 Å². The van der Waals surface area contributed by atoms with Crippen LogP contribution in [0.4, 0.5) is 11.6 Å². The van der Waals surface area contributed by atoms with E-state index >= 15 is 0 Å². The van der Waals surface area contributed by atoms with Crippen LogP contribution in [0.2, 0.25) is 0 Å². The van der Waals surface area contributed by atoms with Gasteiger partial charge in [0.2, 0.25) is 5.91 Å². The predicted molar refractivity (Wildman–Crippen MR) is 177 cm³/mol. The number of fused-ring (bicyclic) bond motifs is 4. The maximum absolute atomic E-state index is 13.4. The summed E-state index contributed by atoms with van der Waals surface area (Å²) in [5.41, 5.74) is 2.84. The Bertz CT molecular complexity index is 1880. The Balaban J connectivity index is 1.24. The van der Waals surface area contributed by atoms with E-state index in [1.807, 2.05) is 38.1 Å². The second-order valence-corrected chi connectivity index (χ2v) is 13.5. The molecule has 2 aliphatic heterocycles. The van der Waals surface area contributed by atoms with Gasteiger partial charge in [-0.1, -0.05) is 30.3 Å². The highest BCUT2D eigenvalue weighted by atomic mass is 32.1. The summed E-state index contributed by atoms with van der Waals surface area (Å²) < 4.78 is 14.3. The Kier molecular flexibility index (Phi) is 7.45. The minimum atomic E-state index is -0.540. The molecule has 222 valence electrons. The quantitative estimate of drug-likeness (QED) is 0.225. The van der Waals surface area contributed by atoms with Crippen molar-refractivity contribution >= 4 is 60.0 Å². The fraction of sp³-hybridized carbons (Fsp3) is 0.371. The third-order valence-corrected chi connectivity index (χ3v) is 10.0. The SMILES string of the molecule is CC(C)(CN1CCOCC1)C(=O)Nc1ccc2sc3c(-c4cccc5c(=O)cc(N6CCCCC6)oc45)cccc3c2c1. The lowest BCUT2D eigenvalue weighted by molar-refractivity contribution is -0.125. The molecule has 0 radical (unpaired) electrons. The number of amides is 1.